The highest BCUT2D eigenvalue weighted by atomic mass is 19.4. The number of ether oxygens (including phenoxy) is 1. The zero-order chi connectivity index (χ0) is 22.3. The number of unbranched alkanes of at least 4 members (excludes halogenated alkanes) is 1. The monoisotopic (exact) mass is 431 g/mol. The van der Waals surface area contributed by atoms with Gasteiger partial charge in [-0.05, 0) is 36.8 Å². The van der Waals surface area contributed by atoms with Gasteiger partial charge in [0.15, 0.2) is 0 Å². The summed E-state index contributed by atoms with van der Waals surface area (Å²) in [6.45, 7) is 2.80. The van der Waals surface area contributed by atoms with Crippen LogP contribution in [0.2, 0.25) is 0 Å². The third-order valence-electron chi connectivity index (χ3n) is 4.19. The highest BCUT2D eigenvalue weighted by Crippen LogP contribution is 2.27. The van der Waals surface area contributed by atoms with Crippen molar-refractivity contribution in [2.45, 2.75) is 26.1 Å². The maximum atomic E-state index is 12.7. The number of pyridine rings is 1. The molecule has 2 N–H and O–H groups in total. The van der Waals surface area contributed by atoms with Gasteiger partial charge in [0.2, 0.25) is 0 Å². The number of nitrogens with one attached hydrogen (secondary N) is 2. The zero-order valence-corrected chi connectivity index (χ0v) is 16.6. The third-order valence-corrected chi connectivity index (χ3v) is 4.19. The number of hydrogen-bond acceptors (Lipinski definition) is 6. The third kappa shape index (κ3) is 6.39. The van der Waals surface area contributed by atoms with Crippen LogP contribution in [0.15, 0.2) is 55.2 Å². The van der Waals surface area contributed by atoms with Gasteiger partial charge in [0.1, 0.15) is 17.9 Å². The molecule has 3 rings (SSSR count). The number of anilines is 2. The van der Waals surface area contributed by atoms with Crippen molar-refractivity contribution in [3.8, 4) is 16.9 Å². The molecule has 1 amide bonds. The number of alkyl halides is 3. The van der Waals surface area contributed by atoms with Crippen molar-refractivity contribution in [2.24, 2.45) is 0 Å². The molecule has 0 bridgehead atoms. The first-order chi connectivity index (χ1) is 14.9. The van der Waals surface area contributed by atoms with E-state index in [4.69, 9.17) is 0 Å². The Bertz CT molecular complexity index is 1010. The molecule has 2 aromatic heterocycles. The van der Waals surface area contributed by atoms with E-state index in [1.807, 2.05) is 0 Å². The summed E-state index contributed by atoms with van der Waals surface area (Å²) in [7, 11) is 0. The van der Waals surface area contributed by atoms with Gasteiger partial charge in [0.05, 0.1) is 5.56 Å². The number of benzene rings is 1. The Morgan fingerprint density at radius 2 is 1.81 bits per heavy atom. The SMILES string of the molecule is CCCCNc1ncc(C(=O)Nc2ccc(OC(F)(F)F)cc2)cc1-c1cncnc1. The number of hydrogen-bond donors (Lipinski definition) is 2. The van der Waals surface area contributed by atoms with E-state index < -0.39 is 12.3 Å². The molecule has 0 saturated heterocycles. The second kappa shape index (κ2) is 9.88. The molecule has 7 nitrogen and oxygen atoms in total. The largest absolute Gasteiger partial charge is 0.573 e. The van der Waals surface area contributed by atoms with Gasteiger partial charge in [-0.25, -0.2) is 15.0 Å². The van der Waals surface area contributed by atoms with Crippen molar-refractivity contribution in [2.75, 3.05) is 17.2 Å². The predicted octanol–water partition coefficient (Wildman–Crippen LogP) is 4.90. The van der Waals surface area contributed by atoms with Gasteiger partial charge in [-0.3, -0.25) is 4.79 Å². The molecule has 0 radical (unpaired) electrons. The maximum absolute atomic E-state index is 12.7. The first kappa shape index (κ1) is 22.0. The summed E-state index contributed by atoms with van der Waals surface area (Å²) in [5, 5.41) is 5.88. The molecule has 1 aromatic carbocycles. The van der Waals surface area contributed by atoms with Gasteiger partial charge in [-0.15, -0.1) is 13.2 Å². The van der Waals surface area contributed by atoms with E-state index in [-0.39, 0.29) is 11.3 Å². The average Bonchev–Trinajstić information content (AvgIpc) is 2.75. The number of halogens is 3. The second-order valence-corrected chi connectivity index (χ2v) is 6.55. The minimum Gasteiger partial charge on any atom is -0.406 e. The topological polar surface area (TPSA) is 89.0 Å². The van der Waals surface area contributed by atoms with E-state index in [0.29, 0.717) is 22.6 Å². The van der Waals surface area contributed by atoms with Gasteiger partial charge < -0.3 is 15.4 Å². The summed E-state index contributed by atoms with van der Waals surface area (Å²) in [5.41, 5.74) is 1.94. The Kier molecular flexibility index (Phi) is 7.01. The second-order valence-electron chi connectivity index (χ2n) is 6.55. The number of rotatable bonds is 8. The van der Waals surface area contributed by atoms with E-state index in [0.717, 1.165) is 31.5 Å². The lowest BCUT2D eigenvalue weighted by Crippen LogP contribution is -2.17. The quantitative estimate of drug-likeness (QED) is 0.493. The average molecular weight is 431 g/mol. The van der Waals surface area contributed by atoms with Gasteiger partial charge in [0, 0.05) is 41.9 Å². The highest BCUT2D eigenvalue weighted by molar-refractivity contribution is 6.05. The van der Waals surface area contributed by atoms with E-state index in [1.165, 1.54) is 24.7 Å². The summed E-state index contributed by atoms with van der Waals surface area (Å²) in [4.78, 5) is 25.1. The highest BCUT2D eigenvalue weighted by Gasteiger charge is 2.31. The van der Waals surface area contributed by atoms with Gasteiger partial charge >= 0.3 is 6.36 Å². The maximum Gasteiger partial charge on any atom is 0.573 e. The summed E-state index contributed by atoms with van der Waals surface area (Å²) in [6.07, 6.45) is 3.28. The molecule has 0 aliphatic heterocycles. The number of amides is 1. The van der Waals surface area contributed by atoms with Crippen molar-refractivity contribution in [3.63, 3.8) is 0 Å². The van der Waals surface area contributed by atoms with Crippen LogP contribution in [-0.4, -0.2) is 33.8 Å². The van der Waals surface area contributed by atoms with Crippen molar-refractivity contribution in [1.29, 1.82) is 0 Å². The Morgan fingerprint density at radius 1 is 1.10 bits per heavy atom. The Balaban J connectivity index is 1.79. The fraction of sp³-hybridized carbons (Fsp3) is 0.238. The van der Waals surface area contributed by atoms with Crippen LogP contribution in [-0.2, 0) is 0 Å². The molecule has 10 heteroatoms. The predicted molar refractivity (Wildman–Crippen MR) is 110 cm³/mol. The number of carbonyl (C=O) groups excluding carboxylic acids is 1. The lowest BCUT2D eigenvalue weighted by molar-refractivity contribution is -0.274. The fourth-order valence-electron chi connectivity index (χ4n) is 2.71. The fourth-order valence-corrected chi connectivity index (χ4v) is 2.71. The van der Waals surface area contributed by atoms with Gasteiger partial charge in [-0.2, -0.15) is 0 Å². The smallest absolute Gasteiger partial charge is 0.406 e. The summed E-state index contributed by atoms with van der Waals surface area (Å²) in [6, 6.07) is 6.54. The van der Waals surface area contributed by atoms with Crippen LogP contribution >= 0.6 is 0 Å². The molecule has 31 heavy (non-hydrogen) atoms. The summed E-state index contributed by atoms with van der Waals surface area (Å²) < 4.78 is 40.6. The summed E-state index contributed by atoms with van der Waals surface area (Å²) >= 11 is 0. The molecule has 0 fully saturated rings. The molecule has 3 aromatic rings. The van der Waals surface area contributed by atoms with Crippen LogP contribution in [0.25, 0.3) is 11.1 Å². The van der Waals surface area contributed by atoms with Crippen LogP contribution in [0.4, 0.5) is 24.7 Å². The molecule has 0 aliphatic carbocycles. The molecule has 0 spiro atoms. The van der Waals surface area contributed by atoms with Gasteiger partial charge in [0.25, 0.3) is 5.91 Å². The zero-order valence-electron chi connectivity index (χ0n) is 16.6. The first-order valence-corrected chi connectivity index (χ1v) is 9.52. The molecule has 0 aliphatic rings. The minimum atomic E-state index is -4.78. The summed E-state index contributed by atoms with van der Waals surface area (Å²) in [5.74, 6) is -0.232. The minimum absolute atomic E-state index is 0.274. The Labute approximate surface area is 176 Å². The van der Waals surface area contributed by atoms with Crippen molar-refractivity contribution in [3.05, 3.63) is 60.8 Å². The molecular formula is C21H20F3N5O2. The van der Waals surface area contributed by atoms with Crippen LogP contribution in [0.1, 0.15) is 30.1 Å². The Hall–Kier alpha value is -3.69. The van der Waals surface area contributed by atoms with Crippen LogP contribution in [0.5, 0.6) is 5.75 Å². The number of carbonyl (C=O) groups is 1. The van der Waals surface area contributed by atoms with E-state index in [9.17, 15) is 18.0 Å². The van der Waals surface area contributed by atoms with Crippen molar-refractivity contribution in [1.82, 2.24) is 15.0 Å². The number of nitrogens with zero attached hydrogens (tertiary/aromatic N) is 3. The molecule has 0 saturated carbocycles. The number of aromatic nitrogens is 3. The van der Waals surface area contributed by atoms with E-state index in [1.54, 1.807) is 18.5 Å². The van der Waals surface area contributed by atoms with Crippen molar-refractivity contribution < 1.29 is 22.7 Å². The van der Waals surface area contributed by atoms with E-state index >= 15 is 0 Å². The lowest BCUT2D eigenvalue weighted by Gasteiger charge is -2.13. The lowest BCUT2D eigenvalue weighted by atomic mass is 10.1. The molecule has 0 atom stereocenters. The first-order valence-electron chi connectivity index (χ1n) is 9.52. The standard InChI is InChI=1S/C21H20F3N5O2/c1-2-3-8-27-19-18(15-10-25-13-26-11-15)9-14(12-28-19)20(30)29-16-4-6-17(7-5-16)31-21(22,23)24/h4-7,9-13H,2-3,8H2,1H3,(H,27,28)(H,29,30). The van der Waals surface area contributed by atoms with Crippen molar-refractivity contribution >= 4 is 17.4 Å². The normalized spacial score (nSPS) is 11.1. The Morgan fingerprint density at radius 3 is 2.45 bits per heavy atom. The van der Waals surface area contributed by atoms with Crippen LogP contribution in [0.3, 0.4) is 0 Å². The molecular weight excluding hydrogens is 411 g/mol. The van der Waals surface area contributed by atoms with Crippen LogP contribution in [0, 0.1) is 0 Å². The van der Waals surface area contributed by atoms with Crippen LogP contribution < -0.4 is 15.4 Å². The van der Waals surface area contributed by atoms with Gasteiger partial charge in [-0.1, -0.05) is 13.3 Å². The molecule has 162 valence electrons. The molecule has 0 unspecified atom stereocenters. The molecule has 2 heterocycles. The van der Waals surface area contributed by atoms with E-state index in [2.05, 4.69) is 37.2 Å².